The van der Waals surface area contributed by atoms with Gasteiger partial charge >= 0.3 is 5.97 Å². The molecule has 0 aliphatic carbocycles. The van der Waals surface area contributed by atoms with Gasteiger partial charge in [0.25, 0.3) is 5.89 Å². The molecular formula is C13H11N3O3S2. The average molecular weight is 321 g/mol. The van der Waals surface area contributed by atoms with Crippen LogP contribution in [0.3, 0.4) is 0 Å². The molecule has 0 spiro atoms. The third-order valence-electron chi connectivity index (χ3n) is 2.61. The second-order valence-corrected chi connectivity index (χ2v) is 6.15. The van der Waals surface area contributed by atoms with Crippen molar-refractivity contribution in [2.75, 3.05) is 0 Å². The Labute approximate surface area is 128 Å². The van der Waals surface area contributed by atoms with Crippen LogP contribution in [0.25, 0.3) is 9.88 Å². The highest BCUT2D eigenvalue weighted by Crippen LogP contribution is 2.31. The Kier molecular flexibility index (Phi) is 3.80. The van der Waals surface area contributed by atoms with Crippen LogP contribution in [-0.4, -0.2) is 21.2 Å². The van der Waals surface area contributed by atoms with Crippen molar-refractivity contribution in [3.05, 3.63) is 39.9 Å². The zero-order valence-corrected chi connectivity index (χ0v) is 13.0. The van der Waals surface area contributed by atoms with Gasteiger partial charge in [-0.25, -0.2) is 9.78 Å². The fourth-order valence-corrected chi connectivity index (χ4v) is 3.44. The van der Waals surface area contributed by atoms with Crippen molar-refractivity contribution >= 4 is 28.6 Å². The van der Waals surface area contributed by atoms with E-state index in [1.165, 1.54) is 11.3 Å². The second kappa shape index (κ2) is 5.74. The van der Waals surface area contributed by atoms with Gasteiger partial charge in [-0.1, -0.05) is 6.07 Å². The molecule has 0 N–H and O–H groups in total. The van der Waals surface area contributed by atoms with Crippen molar-refractivity contribution in [2.45, 2.75) is 20.5 Å². The number of rotatable bonds is 4. The highest BCUT2D eigenvalue weighted by atomic mass is 32.1. The Hall–Kier alpha value is -2.06. The quantitative estimate of drug-likeness (QED) is 0.687. The summed E-state index contributed by atoms with van der Waals surface area (Å²) in [6.45, 7) is 3.44. The van der Waals surface area contributed by atoms with Crippen molar-refractivity contribution in [2.24, 2.45) is 0 Å². The van der Waals surface area contributed by atoms with Crippen LogP contribution in [0.5, 0.6) is 0 Å². The summed E-state index contributed by atoms with van der Waals surface area (Å²) < 4.78 is 10.3. The van der Waals surface area contributed by atoms with E-state index in [1.807, 2.05) is 17.5 Å². The molecule has 0 radical (unpaired) electrons. The fourth-order valence-electron chi connectivity index (χ4n) is 1.68. The first-order valence-electron chi connectivity index (χ1n) is 6.11. The summed E-state index contributed by atoms with van der Waals surface area (Å²) in [4.78, 5) is 18.0. The first-order valence-corrected chi connectivity index (χ1v) is 7.80. The highest BCUT2D eigenvalue weighted by molar-refractivity contribution is 7.22. The monoisotopic (exact) mass is 321 g/mol. The van der Waals surface area contributed by atoms with Gasteiger partial charge in [-0.2, -0.15) is 0 Å². The number of carbonyl (C=O) groups is 1. The molecule has 3 aromatic heterocycles. The fraction of sp³-hybridized carbons (Fsp3) is 0.231. The largest absolute Gasteiger partial charge is 0.451 e. The maximum Gasteiger partial charge on any atom is 0.350 e. The lowest BCUT2D eigenvalue weighted by molar-refractivity contribution is 0.0441. The van der Waals surface area contributed by atoms with Crippen molar-refractivity contribution in [1.82, 2.24) is 15.2 Å². The van der Waals surface area contributed by atoms with Gasteiger partial charge in [0.2, 0.25) is 5.89 Å². The Balaban J connectivity index is 1.72. The van der Waals surface area contributed by atoms with E-state index in [4.69, 9.17) is 9.15 Å². The number of ether oxygens (including phenoxy) is 1. The van der Waals surface area contributed by atoms with Crippen molar-refractivity contribution in [3.63, 3.8) is 0 Å². The van der Waals surface area contributed by atoms with E-state index in [0.29, 0.717) is 16.5 Å². The van der Waals surface area contributed by atoms with Gasteiger partial charge in [0, 0.05) is 6.92 Å². The summed E-state index contributed by atoms with van der Waals surface area (Å²) in [6.07, 6.45) is 0. The van der Waals surface area contributed by atoms with Crippen molar-refractivity contribution in [1.29, 1.82) is 0 Å². The Bertz CT molecular complexity index is 762. The van der Waals surface area contributed by atoms with E-state index in [1.54, 1.807) is 25.2 Å². The number of carbonyl (C=O) groups excluding carboxylic acids is 1. The predicted molar refractivity (Wildman–Crippen MR) is 78.3 cm³/mol. The van der Waals surface area contributed by atoms with E-state index >= 15 is 0 Å². The number of aromatic nitrogens is 3. The lowest BCUT2D eigenvalue weighted by atomic mass is 10.4. The molecule has 0 aromatic carbocycles. The molecule has 0 fully saturated rings. The molecule has 8 heteroatoms. The van der Waals surface area contributed by atoms with Crippen molar-refractivity contribution in [3.8, 4) is 9.88 Å². The molecule has 108 valence electrons. The van der Waals surface area contributed by atoms with Gasteiger partial charge in [0.05, 0.1) is 10.6 Å². The first kappa shape index (κ1) is 13.9. The Morgan fingerprint density at radius 3 is 2.90 bits per heavy atom. The van der Waals surface area contributed by atoms with E-state index in [-0.39, 0.29) is 12.5 Å². The third-order valence-corrected chi connectivity index (χ3v) is 4.79. The maximum atomic E-state index is 12.1. The molecule has 0 atom stereocenters. The number of nitrogens with zero attached hydrogens (tertiary/aromatic N) is 3. The number of hydrogen-bond acceptors (Lipinski definition) is 8. The summed E-state index contributed by atoms with van der Waals surface area (Å²) in [5, 5.41) is 10.2. The van der Waals surface area contributed by atoms with Crippen LogP contribution in [0, 0.1) is 13.8 Å². The maximum absolute atomic E-state index is 12.1. The second-order valence-electron chi connectivity index (χ2n) is 4.20. The highest BCUT2D eigenvalue weighted by Gasteiger charge is 2.18. The number of aryl methyl sites for hydroxylation is 2. The van der Waals surface area contributed by atoms with E-state index < -0.39 is 5.97 Å². The van der Waals surface area contributed by atoms with E-state index in [9.17, 15) is 4.79 Å². The van der Waals surface area contributed by atoms with E-state index in [0.717, 1.165) is 9.88 Å². The first-order chi connectivity index (χ1) is 10.1. The predicted octanol–water partition coefficient (Wildman–Crippen LogP) is 3.23. The van der Waals surface area contributed by atoms with Gasteiger partial charge in [0.1, 0.15) is 9.88 Å². The van der Waals surface area contributed by atoms with Gasteiger partial charge < -0.3 is 9.15 Å². The number of hydrogen-bond donors (Lipinski definition) is 0. The molecule has 0 aliphatic rings. The zero-order valence-electron chi connectivity index (χ0n) is 11.3. The number of thiazole rings is 1. The van der Waals surface area contributed by atoms with Crippen LogP contribution >= 0.6 is 22.7 Å². The van der Waals surface area contributed by atoms with Gasteiger partial charge in [-0.05, 0) is 18.4 Å². The normalized spacial score (nSPS) is 10.8. The summed E-state index contributed by atoms with van der Waals surface area (Å²) >= 11 is 2.91. The molecule has 0 saturated carbocycles. The molecule has 21 heavy (non-hydrogen) atoms. The minimum Gasteiger partial charge on any atom is -0.451 e. The van der Waals surface area contributed by atoms with Gasteiger partial charge in [-0.3, -0.25) is 0 Å². The number of thiophene rings is 1. The molecule has 0 bridgehead atoms. The van der Waals surface area contributed by atoms with Gasteiger partial charge in [0.15, 0.2) is 6.61 Å². The van der Waals surface area contributed by atoms with Gasteiger partial charge in [-0.15, -0.1) is 32.9 Å². The standard InChI is InChI=1S/C13H11N3O3S2/c1-7-11(21-12(14-7)9-4-3-5-20-9)13(17)18-6-10-16-15-8(2)19-10/h3-5H,6H2,1-2H3. The molecular weight excluding hydrogens is 310 g/mol. The molecule has 0 amide bonds. The SMILES string of the molecule is Cc1nnc(COC(=O)c2sc(-c3cccs3)nc2C)o1. The zero-order chi connectivity index (χ0) is 14.8. The van der Waals surface area contributed by atoms with Crippen LogP contribution in [0.2, 0.25) is 0 Å². The molecule has 6 nitrogen and oxygen atoms in total. The summed E-state index contributed by atoms with van der Waals surface area (Å²) in [5.41, 5.74) is 0.662. The van der Waals surface area contributed by atoms with Crippen LogP contribution in [-0.2, 0) is 11.3 Å². The minimum atomic E-state index is -0.427. The van der Waals surface area contributed by atoms with Crippen LogP contribution in [0.15, 0.2) is 21.9 Å². The van der Waals surface area contributed by atoms with Crippen molar-refractivity contribution < 1.29 is 13.9 Å². The topological polar surface area (TPSA) is 78.1 Å². The minimum absolute atomic E-state index is 0.0364. The molecule has 3 rings (SSSR count). The molecule has 0 saturated heterocycles. The van der Waals surface area contributed by atoms with E-state index in [2.05, 4.69) is 15.2 Å². The lowest BCUT2D eigenvalue weighted by Gasteiger charge is -1.99. The summed E-state index contributed by atoms with van der Waals surface area (Å²) in [7, 11) is 0. The lowest BCUT2D eigenvalue weighted by Crippen LogP contribution is -2.05. The van der Waals surface area contributed by atoms with Crippen LogP contribution < -0.4 is 0 Å². The molecule has 3 aromatic rings. The average Bonchev–Trinajstić information content (AvgIpc) is 3.16. The molecule has 3 heterocycles. The van der Waals surface area contributed by atoms with Crippen LogP contribution in [0.1, 0.15) is 27.1 Å². The van der Waals surface area contributed by atoms with Crippen LogP contribution in [0.4, 0.5) is 0 Å². The Morgan fingerprint density at radius 1 is 1.38 bits per heavy atom. The smallest absolute Gasteiger partial charge is 0.350 e. The summed E-state index contributed by atoms with van der Waals surface area (Å²) in [5.74, 6) is 0.292. The third kappa shape index (κ3) is 3.01. The Morgan fingerprint density at radius 2 is 2.24 bits per heavy atom. The number of esters is 1. The summed E-state index contributed by atoms with van der Waals surface area (Å²) in [6, 6.07) is 3.92. The molecule has 0 unspecified atom stereocenters. The molecule has 0 aliphatic heterocycles.